The molecule has 2 N–H and O–H groups in total. The summed E-state index contributed by atoms with van der Waals surface area (Å²) < 4.78 is 2.19. The smallest absolute Gasteiger partial charge is 0.195 e. The number of nitrogens with zero attached hydrogens (tertiary/aromatic N) is 4. The fraction of sp³-hybridized carbons (Fsp3) is 0.615. The first kappa shape index (κ1) is 12.9. The van der Waals surface area contributed by atoms with Crippen LogP contribution in [0.3, 0.4) is 0 Å². The molecular formula is C13H21N5S. The number of anilines is 1. The molecule has 5 nitrogen and oxygen atoms in total. The molecule has 3 heterocycles. The van der Waals surface area contributed by atoms with Gasteiger partial charge >= 0.3 is 0 Å². The molecule has 2 aromatic rings. The first-order valence-electron chi connectivity index (χ1n) is 6.95. The molecule has 2 aromatic heterocycles. The van der Waals surface area contributed by atoms with Crippen molar-refractivity contribution in [3.8, 4) is 0 Å². The summed E-state index contributed by atoms with van der Waals surface area (Å²) in [6, 6.07) is 0. The van der Waals surface area contributed by atoms with Crippen molar-refractivity contribution < 1.29 is 0 Å². The standard InChI is InChI=1S/C13H21N5S/c1-2-16-5-7-17(8-6-16)12-11(3-4-14)18-9-10-19-13(18)15-12/h9-10H,2-8,14H2,1H3. The third-order valence-corrected chi connectivity index (χ3v) is 4.60. The second-order valence-electron chi connectivity index (χ2n) is 4.90. The van der Waals surface area contributed by atoms with Gasteiger partial charge in [-0.25, -0.2) is 4.98 Å². The van der Waals surface area contributed by atoms with Gasteiger partial charge in [0.05, 0.1) is 5.69 Å². The quantitative estimate of drug-likeness (QED) is 0.908. The maximum absolute atomic E-state index is 5.76. The van der Waals surface area contributed by atoms with Crippen LogP contribution in [0, 0.1) is 0 Å². The number of hydrogen-bond acceptors (Lipinski definition) is 5. The van der Waals surface area contributed by atoms with E-state index in [0.29, 0.717) is 6.54 Å². The Labute approximate surface area is 117 Å². The van der Waals surface area contributed by atoms with E-state index in [2.05, 4.69) is 32.7 Å². The highest BCUT2D eigenvalue weighted by Crippen LogP contribution is 2.25. The van der Waals surface area contributed by atoms with Gasteiger partial charge < -0.3 is 15.5 Å². The van der Waals surface area contributed by atoms with Crippen molar-refractivity contribution >= 4 is 22.1 Å². The largest absolute Gasteiger partial charge is 0.352 e. The van der Waals surface area contributed by atoms with E-state index in [1.54, 1.807) is 11.3 Å². The highest BCUT2D eigenvalue weighted by Gasteiger charge is 2.22. The maximum atomic E-state index is 5.76. The van der Waals surface area contributed by atoms with E-state index >= 15 is 0 Å². The van der Waals surface area contributed by atoms with E-state index < -0.39 is 0 Å². The molecule has 1 aliphatic heterocycles. The Morgan fingerprint density at radius 1 is 1.32 bits per heavy atom. The van der Waals surface area contributed by atoms with Crippen molar-refractivity contribution in [1.29, 1.82) is 0 Å². The summed E-state index contributed by atoms with van der Waals surface area (Å²) in [5.74, 6) is 1.15. The number of rotatable bonds is 4. The Morgan fingerprint density at radius 3 is 2.79 bits per heavy atom. The summed E-state index contributed by atoms with van der Waals surface area (Å²) in [7, 11) is 0. The van der Waals surface area contributed by atoms with E-state index in [0.717, 1.165) is 49.9 Å². The molecule has 0 aromatic carbocycles. The van der Waals surface area contributed by atoms with Gasteiger partial charge in [0, 0.05) is 44.2 Å². The van der Waals surface area contributed by atoms with Gasteiger partial charge in [0.15, 0.2) is 10.8 Å². The van der Waals surface area contributed by atoms with Gasteiger partial charge in [-0.3, -0.25) is 4.40 Å². The lowest BCUT2D eigenvalue weighted by Crippen LogP contribution is -2.46. The Hall–Kier alpha value is -1.11. The molecule has 1 fully saturated rings. The number of nitrogens with two attached hydrogens (primary N) is 1. The molecule has 3 rings (SSSR count). The lowest BCUT2D eigenvalue weighted by atomic mass is 10.2. The van der Waals surface area contributed by atoms with Crippen LogP contribution in [0.4, 0.5) is 5.82 Å². The van der Waals surface area contributed by atoms with Gasteiger partial charge in [-0.05, 0) is 13.1 Å². The molecule has 0 radical (unpaired) electrons. The molecule has 0 saturated carbocycles. The monoisotopic (exact) mass is 279 g/mol. The molecule has 0 unspecified atom stereocenters. The first-order chi connectivity index (χ1) is 9.33. The normalized spacial score (nSPS) is 17.5. The van der Waals surface area contributed by atoms with Crippen molar-refractivity contribution in [2.45, 2.75) is 13.3 Å². The van der Waals surface area contributed by atoms with Crippen LogP contribution in [0.5, 0.6) is 0 Å². The van der Waals surface area contributed by atoms with Gasteiger partial charge in [-0.2, -0.15) is 0 Å². The van der Waals surface area contributed by atoms with Crippen molar-refractivity contribution in [1.82, 2.24) is 14.3 Å². The average Bonchev–Trinajstić information content (AvgIpc) is 3.02. The fourth-order valence-electron chi connectivity index (χ4n) is 2.72. The highest BCUT2D eigenvalue weighted by molar-refractivity contribution is 7.15. The van der Waals surface area contributed by atoms with E-state index in [1.807, 2.05) is 0 Å². The minimum absolute atomic E-state index is 0.672. The number of likely N-dealkylation sites (N-methyl/N-ethyl adjacent to an activating group) is 1. The zero-order chi connectivity index (χ0) is 13.2. The first-order valence-corrected chi connectivity index (χ1v) is 7.83. The van der Waals surface area contributed by atoms with Crippen LogP contribution in [0.15, 0.2) is 11.6 Å². The predicted molar refractivity (Wildman–Crippen MR) is 80.2 cm³/mol. The maximum Gasteiger partial charge on any atom is 0.195 e. The molecule has 6 heteroatoms. The van der Waals surface area contributed by atoms with Crippen molar-refractivity contribution in [3.05, 3.63) is 17.3 Å². The molecule has 0 amide bonds. The van der Waals surface area contributed by atoms with Crippen LogP contribution in [-0.2, 0) is 6.42 Å². The van der Waals surface area contributed by atoms with Crippen LogP contribution in [0.25, 0.3) is 4.96 Å². The van der Waals surface area contributed by atoms with Crippen LogP contribution in [0.1, 0.15) is 12.6 Å². The van der Waals surface area contributed by atoms with Crippen LogP contribution in [-0.4, -0.2) is 53.6 Å². The van der Waals surface area contributed by atoms with Crippen molar-refractivity contribution in [3.63, 3.8) is 0 Å². The Balaban J connectivity index is 1.87. The fourth-order valence-corrected chi connectivity index (χ4v) is 3.45. The molecule has 0 aliphatic carbocycles. The Morgan fingerprint density at radius 2 is 2.11 bits per heavy atom. The Kier molecular flexibility index (Phi) is 3.72. The zero-order valence-electron chi connectivity index (χ0n) is 11.4. The number of imidazole rings is 1. The van der Waals surface area contributed by atoms with Crippen LogP contribution < -0.4 is 10.6 Å². The summed E-state index contributed by atoms with van der Waals surface area (Å²) in [6.07, 6.45) is 2.99. The van der Waals surface area contributed by atoms with Gasteiger partial charge in [-0.1, -0.05) is 6.92 Å². The number of thiazole rings is 1. The molecular weight excluding hydrogens is 258 g/mol. The molecule has 1 saturated heterocycles. The molecule has 19 heavy (non-hydrogen) atoms. The molecule has 1 aliphatic rings. The van der Waals surface area contributed by atoms with E-state index in [4.69, 9.17) is 10.7 Å². The molecule has 104 valence electrons. The van der Waals surface area contributed by atoms with Gasteiger partial charge in [-0.15, -0.1) is 11.3 Å². The third kappa shape index (κ3) is 2.35. The summed E-state index contributed by atoms with van der Waals surface area (Å²) in [4.78, 5) is 10.8. The summed E-state index contributed by atoms with van der Waals surface area (Å²) in [6.45, 7) is 8.43. The van der Waals surface area contributed by atoms with Crippen molar-refractivity contribution in [2.24, 2.45) is 5.73 Å². The minimum Gasteiger partial charge on any atom is -0.352 e. The van der Waals surface area contributed by atoms with Crippen LogP contribution >= 0.6 is 11.3 Å². The van der Waals surface area contributed by atoms with Gasteiger partial charge in [0.1, 0.15) is 0 Å². The molecule has 0 bridgehead atoms. The number of fused-ring (bicyclic) bond motifs is 1. The number of aromatic nitrogens is 2. The lowest BCUT2D eigenvalue weighted by Gasteiger charge is -2.34. The lowest BCUT2D eigenvalue weighted by molar-refractivity contribution is 0.270. The topological polar surface area (TPSA) is 49.8 Å². The Bertz CT molecular complexity index is 538. The zero-order valence-corrected chi connectivity index (χ0v) is 12.2. The van der Waals surface area contributed by atoms with Gasteiger partial charge in [0.25, 0.3) is 0 Å². The molecule has 0 atom stereocenters. The summed E-state index contributed by atoms with van der Waals surface area (Å²) >= 11 is 1.69. The van der Waals surface area contributed by atoms with E-state index in [9.17, 15) is 0 Å². The summed E-state index contributed by atoms with van der Waals surface area (Å²) in [5.41, 5.74) is 7.02. The van der Waals surface area contributed by atoms with Crippen LogP contribution in [0.2, 0.25) is 0 Å². The predicted octanol–water partition coefficient (Wildman–Crippen LogP) is 1.04. The van der Waals surface area contributed by atoms with E-state index in [-0.39, 0.29) is 0 Å². The number of piperazine rings is 1. The summed E-state index contributed by atoms with van der Waals surface area (Å²) in [5, 5.41) is 2.08. The minimum atomic E-state index is 0.672. The number of hydrogen-bond donors (Lipinski definition) is 1. The highest BCUT2D eigenvalue weighted by atomic mass is 32.1. The molecule has 0 spiro atoms. The SMILES string of the molecule is CCN1CCN(c2nc3sccn3c2CCN)CC1. The van der Waals surface area contributed by atoms with E-state index in [1.165, 1.54) is 5.69 Å². The second-order valence-corrected chi connectivity index (χ2v) is 5.77. The third-order valence-electron chi connectivity index (χ3n) is 3.84. The second kappa shape index (κ2) is 5.48. The average molecular weight is 279 g/mol. The van der Waals surface area contributed by atoms with Gasteiger partial charge in [0.2, 0.25) is 0 Å². The van der Waals surface area contributed by atoms with Crippen molar-refractivity contribution in [2.75, 3.05) is 44.2 Å².